The van der Waals surface area contributed by atoms with E-state index >= 15 is 0 Å². The van der Waals surface area contributed by atoms with Crippen LogP contribution in [-0.2, 0) is 10.0 Å². The monoisotopic (exact) mass is 363 g/mol. The molecule has 0 heterocycles. The van der Waals surface area contributed by atoms with Crippen molar-refractivity contribution in [1.82, 2.24) is 4.72 Å². The molecule has 1 N–H and O–H groups in total. The summed E-state index contributed by atoms with van der Waals surface area (Å²) in [7, 11) is -0.490. The van der Waals surface area contributed by atoms with E-state index in [9.17, 15) is 8.42 Å². The maximum absolute atomic E-state index is 13.0. The summed E-state index contributed by atoms with van der Waals surface area (Å²) in [6.07, 6.45) is 0.639. The molecule has 0 fully saturated rings. The average molecular weight is 363 g/mol. The minimum Gasteiger partial charge on any atom is -0.497 e. The summed E-state index contributed by atoms with van der Waals surface area (Å²) in [4.78, 5) is 0.306. The van der Waals surface area contributed by atoms with Crippen LogP contribution >= 0.6 is 0 Å². The van der Waals surface area contributed by atoms with E-state index < -0.39 is 10.0 Å². The number of nitrogens with one attached hydrogen (secondary N) is 1. The van der Waals surface area contributed by atoms with Gasteiger partial charge in [-0.2, -0.15) is 0 Å². The van der Waals surface area contributed by atoms with Crippen molar-refractivity contribution in [3.8, 4) is 11.5 Å². The molecule has 0 aliphatic heterocycles. The first-order valence-corrected chi connectivity index (χ1v) is 9.62. The van der Waals surface area contributed by atoms with Gasteiger partial charge in [0.2, 0.25) is 10.0 Å². The van der Waals surface area contributed by atoms with Crippen molar-refractivity contribution in [1.29, 1.82) is 0 Å². The van der Waals surface area contributed by atoms with E-state index in [1.54, 1.807) is 40.2 Å². The van der Waals surface area contributed by atoms with Crippen LogP contribution in [0.3, 0.4) is 0 Å². The minimum absolute atomic E-state index is 0.306. The van der Waals surface area contributed by atoms with E-state index in [1.807, 2.05) is 31.2 Å². The maximum Gasteiger partial charge on any atom is 0.241 e. The Morgan fingerprint density at radius 2 is 1.48 bits per heavy atom. The summed E-state index contributed by atoms with van der Waals surface area (Å²) < 4.78 is 39.1. The van der Waals surface area contributed by atoms with Crippen LogP contribution in [0, 0.1) is 13.8 Å². The molecule has 2 aromatic carbocycles. The van der Waals surface area contributed by atoms with Gasteiger partial charge >= 0.3 is 0 Å². The first kappa shape index (κ1) is 19.3. The number of hydrogen-bond donors (Lipinski definition) is 1. The van der Waals surface area contributed by atoms with Crippen molar-refractivity contribution >= 4 is 10.0 Å². The summed E-state index contributed by atoms with van der Waals surface area (Å²) in [6.45, 7) is 5.50. The highest BCUT2D eigenvalue weighted by atomic mass is 32.2. The van der Waals surface area contributed by atoms with Crippen molar-refractivity contribution in [3.63, 3.8) is 0 Å². The third-order valence-electron chi connectivity index (χ3n) is 4.16. The molecule has 0 saturated heterocycles. The van der Waals surface area contributed by atoms with Crippen LogP contribution in [-0.4, -0.2) is 22.6 Å². The fraction of sp³-hybridized carbons (Fsp3) is 0.368. The second-order valence-electron chi connectivity index (χ2n) is 5.95. The molecule has 0 saturated carbocycles. The third-order valence-corrected chi connectivity index (χ3v) is 5.94. The predicted octanol–water partition coefficient (Wildman–Crippen LogP) is 3.75. The lowest BCUT2D eigenvalue weighted by Crippen LogP contribution is -2.29. The summed E-state index contributed by atoms with van der Waals surface area (Å²) in [5.41, 5.74) is 2.22. The standard InChI is InChI=1S/C19H25NO4S/c1-6-18(15-7-9-16(23-4)10-8-15)20-25(21,22)19-13(2)11-17(24-5)12-14(19)3/h7-12,18,20H,6H2,1-5H3. The van der Waals surface area contributed by atoms with Gasteiger partial charge in [-0.05, 0) is 61.2 Å². The molecule has 5 nitrogen and oxygen atoms in total. The van der Waals surface area contributed by atoms with Gasteiger partial charge < -0.3 is 9.47 Å². The lowest BCUT2D eigenvalue weighted by molar-refractivity contribution is 0.413. The fourth-order valence-electron chi connectivity index (χ4n) is 2.92. The molecule has 0 radical (unpaired) electrons. The smallest absolute Gasteiger partial charge is 0.241 e. The first-order valence-electron chi connectivity index (χ1n) is 8.14. The topological polar surface area (TPSA) is 64.6 Å². The van der Waals surface area contributed by atoms with E-state index in [4.69, 9.17) is 9.47 Å². The van der Waals surface area contributed by atoms with E-state index in [1.165, 1.54) is 0 Å². The quantitative estimate of drug-likeness (QED) is 0.814. The molecule has 6 heteroatoms. The summed E-state index contributed by atoms with van der Waals surface area (Å²) in [6, 6.07) is 10.6. The van der Waals surface area contributed by atoms with Crippen LogP contribution in [0.2, 0.25) is 0 Å². The number of ether oxygens (including phenoxy) is 2. The van der Waals surface area contributed by atoms with Gasteiger partial charge in [0, 0.05) is 6.04 Å². The first-order chi connectivity index (χ1) is 11.8. The second-order valence-corrected chi connectivity index (χ2v) is 7.60. The lowest BCUT2D eigenvalue weighted by Gasteiger charge is -2.20. The largest absolute Gasteiger partial charge is 0.497 e. The molecular formula is C19H25NO4S. The van der Waals surface area contributed by atoms with Crippen LogP contribution in [0.15, 0.2) is 41.3 Å². The SMILES string of the molecule is CCC(NS(=O)(=O)c1c(C)cc(OC)cc1C)c1ccc(OC)cc1. The zero-order chi connectivity index (χ0) is 18.6. The normalized spacial score (nSPS) is 12.7. The maximum atomic E-state index is 13.0. The van der Waals surface area contributed by atoms with Crippen molar-refractivity contribution in [2.24, 2.45) is 0 Å². The van der Waals surface area contributed by atoms with Gasteiger partial charge in [-0.15, -0.1) is 0 Å². The van der Waals surface area contributed by atoms with Gasteiger partial charge in [0.1, 0.15) is 11.5 Å². The molecule has 0 spiro atoms. The summed E-state index contributed by atoms with van der Waals surface area (Å²) in [5, 5.41) is 0. The molecule has 0 bridgehead atoms. The molecule has 2 aromatic rings. The molecule has 1 atom stereocenters. The van der Waals surface area contributed by atoms with E-state index in [2.05, 4.69) is 4.72 Å². The van der Waals surface area contributed by atoms with E-state index in [0.29, 0.717) is 28.2 Å². The lowest BCUT2D eigenvalue weighted by atomic mass is 10.1. The zero-order valence-electron chi connectivity index (χ0n) is 15.3. The van der Waals surface area contributed by atoms with Gasteiger partial charge in [-0.25, -0.2) is 13.1 Å². The predicted molar refractivity (Wildman–Crippen MR) is 98.8 cm³/mol. The van der Waals surface area contributed by atoms with Crippen LogP contribution in [0.1, 0.15) is 36.1 Å². The third kappa shape index (κ3) is 4.32. The van der Waals surface area contributed by atoms with E-state index in [-0.39, 0.29) is 6.04 Å². The minimum atomic E-state index is -3.66. The summed E-state index contributed by atoms with van der Waals surface area (Å²) in [5.74, 6) is 1.39. The molecule has 25 heavy (non-hydrogen) atoms. The number of benzene rings is 2. The Hall–Kier alpha value is -2.05. The number of hydrogen-bond acceptors (Lipinski definition) is 4. The Morgan fingerprint density at radius 1 is 0.960 bits per heavy atom. The Balaban J connectivity index is 2.35. The van der Waals surface area contributed by atoms with Gasteiger partial charge in [-0.1, -0.05) is 19.1 Å². The van der Waals surface area contributed by atoms with Crippen LogP contribution in [0.4, 0.5) is 0 Å². The number of rotatable bonds is 7. The highest BCUT2D eigenvalue weighted by Gasteiger charge is 2.24. The summed E-state index contributed by atoms with van der Waals surface area (Å²) >= 11 is 0. The highest BCUT2D eigenvalue weighted by molar-refractivity contribution is 7.89. The molecule has 2 rings (SSSR count). The fourth-order valence-corrected chi connectivity index (χ4v) is 4.68. The molecule has 0 aromatic heterocycles. The molecular weight excluding hydrogens is 338 g/mol. The second kappa shape index (κ2) is 7.89. The Kier molecular flexibility index (Phi) is 6.08. The van der Waals surface area contributed by atoms with Gasteiger partial charge in [-0.3, -0.25) is 0 Å². The van der Waals surface area contributed by atoms with Crippen molar-refractivity contribution in [2.75, 3.05) is 14.2 Å². The van der Waals surface area contributed by atoms with Crippen LogP contribution in [0.5, 0.6) is 11.5 Å². The van der Waals surface area contributed by atoms with Gasteiger partial charge in [0.05, 0.1) is 19.1 Å². The number of sulfonamides is 1. The van der Waals surface area contributed by atoms with Crippen LogP contribution < -0.4 is 14.2 Å². The van der Waals surface area contributed by atoms with E-state index in [0.717, 1.165) is 11.3 Å². The molecule has 0 aliphatic rings. The highest BCUT2D eigenvalue weighted by Crippen LogP contribution is 2.28. The van der Waals surface area contributed by atoms with Crippen molar-refractivity contribution < 1.29 is 17.9 Å². The molecule has 1 unspecified atom stereocenters. The molecule has 0 aliphatic carbocycles. The number of aryl methyl sites for hydroxylation is 2. The zero-order valence-corrected chi connectivity index (χ0v) is 16.1. The van der Waals surface area contributed by atoms with Gasteiger partial charge in [0.25, 0.3) is 0 Å². The van der Waals surface area contributed by atoms with Crippen LogP contribution in [0.25, 0.3) is 0 Å². The Morgan fingerprint density at radius 3 is 1.92 bits per heavy atom. The Labute approximate surface area is 150 Å². The number of methoxy groups -OCH3 is 2. The molecule has 0 amide bonds. The van der Waals surface area contributed by atoms with Crippen molar-refractivity contribution in [2.45, 2.75) is 38.1 Å². The molecule has 136 valence electrons. The van der Waals surface area contributed by atoms with Crippen molar-refractivity contribution in [3.05, 3.63) is 53.1 Å². The Bertz CT molecular complexity index is 806. The average Bonchev–Trinajstić information content (AvgIpc) is 2.58. The van der Waals surface area contributed by atoms with Gasteiger partial charge in [0.15, 0.2) is 0 Å².